The van der Waals surface area contributed by atoms with Gasteiger partial charge < -0.3 is 4.74 Å². The van der Waals surface area contributed by atoms with Crippen molar-refractivity contribution in [2.45, 2.75) is 58.4 Å². The zero-order chi connectivity index (χ0) is 15.0. The topological polar surface area (TPSA) is 26.3 Å². The highest BCUT2D eigenvalue weighted by Crippen LogP contribution is 2.23. The lowest BCUT2D eigenvalue weighted by Crippen LogP contribution is -2.24. The number of hydrogen-bond donors (Lipinski definition) is 0. The first-order chi connectivity index (χ1) is 9.17. The average molecular weight is 248 g/mol. The second-order valence-electron chi connectivity index (χ2n) is 5.75. The molecule has 2 nitrogen and oxygen atoms in total. The van der Waals surface area contributed by atoms with Gasteiger partial charge in [-0.1, -0.05) is 18.2 Å². The Kier molecular flexibility index (Phi) is 3.02. The van der Waals surface area contributed by atoms with Gasteiger partial charge in [-0.3, -0.25) is 4.79 Å². The van der Waals surface area contributed by atoms with Gasteiger partial charge >= 0.3 is 5.97 Å². The minimum absolute atomic E-state index is 0.187. The summed E-state index contributed by atoms with van der Waals surface area (Å²) in [4.78, 5) is 11.7. The fourth-order valence-electron chi connectivity index (χ4n) is 2.15. The summed E-state index contributed by atoms with van der Waals surface area (Å²) in [6, 6.07) is 5.82. The van der Waals surface area contributed by atoms with Crippen molar-refractivity contribution < 1.29 is 12.3 Å². The van der Waals surface area contributed by atoms with Crippen LogP contribution in [0.5, 0.6) is 0 Å². The van der Waals surface area contributed by atoms with Crippen LogP contribution in [0.1, 0.15) is 53.0 Å². The van der Waals surface area contributed by atoms with E-state index >= 15 is 0 Å². The average Bonchev–Trinajstić information content (AvgIpc) is 2.60. The van der Waals surface area contributed by atoms with Crippen LogP contribution in [0.25, 0.3) is 0 Å². The summed E-state index contributed by atoms with van der Waals surface area (Å²) >= 11 is 0. The molecule has 18 heavy (non-hydrogen) atoms. The van der Waals surface area contributed by atoms with Crippen LogP contribution in [-0.4, -0.2) is 11.6 Å². The minimum Gasteiger partial charge on any atom is -0.460 e. The van der Waals surface area contributed by atoms with E-state index < -0.39 is 12.0 Å². The van der Waals surface area contributed by atoms with Crippen LogP contribution >= 0.6 is 0 Å². The molecule has 0 unspecified atom stereocenters. The first-order valence-electron chi connectivity index (χ1n) is 7.51. The summed E-state index contributed by atoms with van der Waals surface area (Å²) in [5.74, 6) is -0.187. The van der Waals surface area contributed by atoms with E-state index in [2.05, 4.69) is 0 Å². The van der Waals surface area contributed by atoms with E-state index in [1.807, 2.05) is 39.0 Å². The van der Waals surface area contributed by atoms with Crippen molar-refractivity contribution in [1.29, 1.82) is 0 Å². The molecule has 0 radical (unpaired) electrons. The molecule has 0 atom stereocenters. The van der Waals surface area contributed by atoms with Crippen LogP contribution in [0.4, 0.5) is 0 Å². The van der Waals surface area contributed by atoms with Crippen molar-refractivity contribution >= 4 is 5.97 Å². The van der Waals surface area contributed by atoms with Gasteiger partial charge in [0.15, 0.2) is 0 Å². The van der Waals surface area contributed by atoms with Gasteiger partial charge in [0.05, 0.1) is 0 Å². The molecule has 0 bridgehead atoms. The molecular formula is C16H22O2. The smallest absolute Gasteiger partial charge is 0.306 e. The van der Waals surface area contributed by atoms with Gasteiger partial charge in [0.2, 0.25) is 0 Å². The van der Waals surface area contributed by atoms with Crippen LogP contribution < -0.4 is 0 Å². The molecule has 0 saturated heterocycles. The third-order valence-electron chi connectivity index (χ3n) is 2.92. The summed E-state index contributed by atoms with van der Waals surface area (Å²) in [7, 11) is 0. The van der Waals surface area contributed by atoms with Gasteiger partial charge in [0, 0.05) is 9.16 Å². The van der Waals surface area contributed by atoms with Gasteiger partial charge in [0.1, 0.15) is 5.60 Å². The number of esters is 1. The molecule has 0 heterocycles. The van der Waals surface area contributed by atoms with Crippen LogP contribution in [-0.2, 0) is 28.7 Å². The number of hydrogen-bond acceptors (Lipinski definition) is 2. The van der Waals surface area contributed by atoms with Gasteiger partial charge in [0.25, 0.3) is 0 Å². The zero-order valence-corrected chi connectivity index (χ0v) is 11.4. The second-order valence-corrected chi connectivity index (χ2v) is 5.75. The number of carbonyl (C=O) groups is 1. The lowest BCUT2D eigenvalue weighted by atomic mass is 10.0. The Balaban J connectivity index is 1.97. The molecule has 2 heteroatoms. The van der Waals surface area contributed by atoms with Gasteiger partial charge in [-0.05, 0) is 63.1 Å². The van der Waals surface area contributed by atoms with Crippen molar-refractivity contribution in [3.05, 3.63) is 34.9 Å². The maximum absolute atomic E-state index is 11.7. The van der Waals surface area contributed by atoms with Crippen molar-refractivity contribution in [3.63, 3.8) is 0 Å². The Morgan fingerprint density at radius 3 is 2.89 bits per heavy atom. The van der Waals surface area contributed by atoms with E-state index in [-0.39, 0.29) is 5.97 Å². The summed E-state index contributed by atoms with van der Waals surface area (Å²) < 4.78 is 21.1. The third kappa shape index (κ3) is 3.59. The van der Waals surface area contributed by atoms with Crippen molar-refractivity contribution in [3.8, 4) is 0 Å². The second kappa shape index (κ2) is 5.13. The molecule has 0 spiro atoms. The van der Waals surface area contributed by atoms with E-state index in [4.69, 9.17) is 7.48 Å². The molecule has 1 aliphatic rings. The first kappa shape index (κ1) is 10.6. The molecule has 0 saturated carbocycles. The third-order valence-corrected chi connectivity index (χ3v) is 2.92. The first-order valence-corrected chi connectivity index (χ1v) is 6.51. The quantitative estimate of drug-likeness (QED) is 0.766. The number of benzene rings is 1. The van der Waals surface area contributed by atoms with Crippen molar-refractivity contribution in [2.24, 2.45) is 0 Å². The molecule has 1 aromatic carbocycles. The van der Waals surface area contributed by atoms with E-state index in [0.29, 0.717) is 19.3 Å². The summed E-state index contributed by atoms with van der Waals surface area (Å²) in [6.07, 6.45) is 1.15. The normalized spacial score (nSPS) is 18.8. The highest BCUT2D eigenvalue weighted by Gasteiger charge is 2.16. The Morgan fingerprint density at radius 2 is 2.17 bits per heavy atom. The predicted molar refractivity (Wildman–Crippen MR) is 72.6 cm³/mol. The fraction of sp³-hybridized carbons (Fsp3) is 0.562. The molecule has 0 amide bonds. The summed E-state index contributed by atoms with van der Waals surface area (Å²) in [5, 5.41) is 0. The Hall–Kier alpha value is -1.31. The summed E-state index contributed by atoms with van der Waals surface area (Å²) in [6.45, 7) is 5.59. The zero-order valence-electron chi connectivity index (χ0n) is 13.4. The molecule has 0 fully saturated rings. The summed E-state index contributed by atoms with van der Waals surface area (Å²) in [5.41, 5.74) is 2.52. The highest BCUT2D eigenvalue weighted by molar-refractivity contribution is 5.70. The van der Waals surface area contributed by atoms with Crippen LogP contribution in [0, 0.1) is 0 Å². The van der Waals surface area contributed by atoms with Crippen LogP contribution in [0.3, 0.4) is 0 Å². The SMILES string of the molecule is [2H]C1([2H])CCc2cc(CCC(=O)OC(C)(C)C)ccc21. The predicted octanol–water partition coefficient (Wildman–Crippen LogP) is 3.45. The maximum Gasteiger partial charge on any atom is 0.306 e. The monoisotopic (exact) mass is 248 g/mol. The Bertz CT molecular complexity index is 516. The Labute approximate surface area is 112 Å². The molecule has 1 aliphatic carbocycles. The lowest BCUT2D eigenvalue weighted by Gasteiger charge is -2.19. The van der Waals surface area contributed by atoms with Crippen molar-refractivity contribution in [1.82, 2.24) is 0 Å². The fourth-order valence-corrected chi connectivity index (χ4v) is 2.15. The van der Waals surface area contributed by atoms with E-state index in [1.165, 1.54) is 0 Å². The van der Waals surface area contributed by atoms with Gasteiger partial charge in [-0.2, -0.15) is 0 Å². The van der Waals surface area contributed by atoms with E-state index in [0.717, 1.165) is 23.1 Å². The number of carbonyl (C=O) groups excluding carboxylic acids is 1. The van der Waals surface area contributed by atoms with Gasteiger partial charge in [-0.15, -0.1) is 0 Å². The molecule has 1 aromatic rings. The lowest BCUT2D eigenvalue weighted by molar-refractivity contribution is -0.154. The molecular weight excluding hydrogens is 224 g/mol. The molecule has 0 aromatic heterocycles. The number of fused-ring (bicyclic) bond motifs is 1. The molecule has 0 aliphatic heterocycles. The maximum atomic E-state index is 11.7. The highest BCUT2D eigenvalue weighted by atomic mass is 16.6. The van der Waals surface area contributed by atoms with Crippen molar-refractivity contribution in [2.75, 3.05) is 0 Å². The van der Waals surface area contributed by atoms with Gasteiger partial charge in [-0.25, -0.2) is 0 Å². The largest absolute Gasteiger partial charge is 0.460 e. The molecule has 98 valence electrons. The molecule has 0 N–H and O–H groups in total. The minimum atomic E-state index is -1.20. The number of aryl methyl sites for hydroxylation is 3. The Morgan fingerprint density at radius 1 is 1.39 bits per heavy atom. The van der Waals surface area contributed by atoms with E-state index in [9.17, 15) is 4.79 Å². The van der Waals surface area contributed by atoms with E-state index in [1.54, 1.807) is 0 Å². The number of rotatable bonds is 3. The van der Waals surface area contributed by atoms with Crippen LogP contribution in [0.2, 0.25) is 0 Å². The van der Waals surface area contributed by atoms with Crippen LogP contribution in [0.15, 0.2) is 18.2 Å². The standard InChI is InChI=1S/C16H22O2/c1-16(2,3)18-15(17)10-8-12-7-9-13-5-4-6-14(13)11-12/h7,9,11H,4-6,8,10H2,1-3H3/i5D2. The molecule has 2 rings (SSSR count). The number of ether oxygens (including phenoxy) is 1.